The number of rotatable bonds is 13. The maximum Gasteiger partial charge on any atom is 0.310 e. The average molecular weight is 1180 g/mol. The summed E-state index contributed by atoms with van der Waals surface area (Å²) in [5.41, 5.74) is -0.910. The topological polar surface area (TPSA) is 393 Å². The van der Waals surface area contributed by atoms with Crippen molar-refractivity contribution >= 4 is 5.97 Å². The van der Waals surface area contributed by atoms with E-state index in [4.69, 9.17) is 47.4 Å². The molecule has 0 unspecified atom stereocenters. The third kappa shape index (κ3) is 10.5. The highest BCUT2D eigenvalue weighted by molar-refractivity contribution is 5.76. The van der Waals surface area contributed by atoms with Crippen molar-refractivity contribution in [3.05, 3.63) is 11.6 Å². The molecule has 4 saturated carbocycles. The molecule has 0 aromatic carbocycles. The Bertz CT molecular complexity index is 2280. The molecule has 25 heteroatoms. The molecule has 0 aromatic rings. The standard InChI is InChI=1S/C57H92O25/c1-24-34(63)44(81-48-39(68)37(66)43(30(19-58)77-48)80-47-40(69)42(29(62)22-74-47)79-46-38(67)35(64)27(60)20-73-46)41(70)49(76-24)82-45-36(65)28(61)21-75-50(45)78-33-11-12-53(4)31(54(33,5)23-59)10-13-56(7)32(53)9-8-25-26-18-52(2,3)14-16-57(26,51(71)72)17-15-55(25,56)6/h8,24,26-50,58-70H,9-23H2,1-7H3,(H,71,72)/t24-,26-,27+,28-,29-,30+,31-,32-,33-,34-,35-,36-,37+,38+,39+,40+,41+,42-,43+,44+,45+,46-,47-,48-,49-,50-,53-,54-,55+,56+,57-/m0/s1. The number of ether oxygens (including phenoxy) is 10. The van der Waals surface area contributed by atoms with Gasteiger partial charge in [0, 0.05) is 5.41 Å². The van der Waals surface area contributed by atoms with Crippen LogP contribution in [0, 0.1) is 50.2 Å². The minimum atomic E-state index is -2.04. The summed E-state index contributed by atoms with van der Waals surface area (Å²) < 4.78 is 59.1. The summed E-state index contributed by atoms with van der Waals surface area (Å²) in [6, 6.07) is 0. The Balaban J connectivity index is 0.811. The molecule has 5 aliphatic heterocycles. The number of allylic oxidation sites excluding steroid dienone is 2. The van der Waals surface area contributed by atoms with Gasteiger partial charge in [0.15, 0.2) is 31.5 Å². The van der Waals surface area contributed by atoms with Crippen LogP contribution in [0.2, 0.25) is 0 Å². The molecule has 31 atom stereocenters. The number of carbonyl (C=O) groups is 1. The van der Waals surface area contributed by atoms with E-state index in [1.807, 2.05) is 6.92 Å². The Hall–Kier alpha value is -1.71. The number of carboxylic acid groups (broad SMARTS) is 1. The van der Waals surface area contributed by atoms with Crippen LogP contribution in [0.4, 0.5) is 0 Å². The minimum Gasteiger partial charge on any atom is -0.481 e. The van der Waals surface area contributed by atoms with Gasteiger partial charge in [-0.2, -0.15) is 0 Å². The molecule has 10 rings (SSSR count). The van der Waals surface area contributed by atoms with Crippen molar-refractivity contribution in [2.75, 3.05) is 33.0 Å². The summed E-state index contributed by atoms with van der Waals surface area (Å²) in [7, 11) is 0. The van der Waals surface area contributed by atoms with Gasteiger partial charge < -0.3 is 119 Å². The monoisotopic (exact) mass is 1180 g/mol. The maximum absolute atomic E-state index is 13.2. The molecule has 9 fully saturated rings. The lowest BCUT2D eigenvalue weighted by Gasteiger charge is -2.71. The fourth-order valence-corrected chi connectivity index (χ4v) is 17.2. The van der Waals surface area contributed by atoms with E-state index in [9.17, 15) is 76.3 Å². The second-order valence-corrected chi connectivity index (χ2v) is 27.6. The fraction of sp³-hybridized carbons (Fsp3) is 0.947. The van der Waals surface area contributed by atoms with Crippen LogP contribution in [0.25, 0.3) is 0 Å². The van der Waals surface area contributed by atoms with Crippen molar-refractivity contribution in [3.8, 4) is 0 Å². The summed E-state index contributed by atoms with van der Waals surface area (Å²) in [4.78, 5) is 13.2. The molecule has 0 spiro atoms. The van der Waals surface area contributed by atoms with Gasteiger partial charge in [-0.05, 0) is 111 Å². The van der Waals surface area contributed by atoms with E-state index < -0.39 is 178 Å². The maximum atomic E-state index is 13.2. The summed E-state index contributed by atoms with van der Waals surface area (Å²) in [6.07, 6.45) is -27.4. The van der Waals surface area contributed by atoms with Crippen LogP contribution in [0.15, 0.2) is 11.6 Å². The second kappa shape index (κ2) is 23.3. The highest BCUT2D eigenvalue weighted by Gasteiger charge is 2.70. The summed E-state index contributed by atoms with van der Waals surface area (Å²) in [6.45, 7) is 12.7. The molecule has 10 aliphatic rings. The second-order valence-electron chi connectivity index (χ2n) is 27.6. The molecule has 82 heavy (non-hydrogen) atoms. The van der Waals surface area contributed by atoms with E-state index in [-0.39, 0.29) is 52.6 Å². The van der Waals surface area contributed by atoms with Gasteiger partial charge in [-0.25, -0.2) is 0 Å². The summed E-state index contributed by atoms with van der Waals surface area (Å²) in [5.74, 6) is -0.550. The Kier molecular flexibility index (Phi) is 18.0. The molecule has 0 aromatic heterocycles. The molecular weight excluding hydrogens is 1080 g/mol. The smallest absolute Gasteiger partial charge is 0.310 e. The predicted octanol–water partition coefficient (Wildman–Crippen LogP) is -1.73. The van der Waals surface area contributed by atoms with Crippen LogP contribution in [0.1, 0.15) is 113 Å². The minimum absolute atomic E-state index is 0.0276. The van der Waals surface area contributed by atoms with Crippen molar-refractivity contribution in [1.29, 1.82) is 0 Å². The van der Waals surface area contributed by atoms with E-state index in [1.165, 1.54) is 12.5 Å². The van der Waals surface area contributed by atoms with Crippen molar-refractivity contribution < 1.29 is 124 Å². The Morgan fingerprint density at radius 2 is 1.13 bits per heavy atom. The SMILES string of the molecule is C[C@@H]1O[C@@H](O[C@H]2[C@H](O[C@H]3CC[C@@]4(C)[C@H](CC[C@]5(C)[C@H]4CC=C4[C@@H]6CC(C)(C)CC[C@]6(C(=O)O)CC[C@]45C)[C@]3(C)CO)OC[C@H](O)[C@@H]2O)[C@H](O)[C@H](O[C@@H]2O[C@H](CO)[C@@H](O[C@@H]3OC[C@H](O)[C@H](O[C@@H]4OC[C@@H](O)[C@H](O)[C@H]4O)[C@H]3O)[C@H](O)[C@H]2O)[C@H]1O. The number of carboxylic acids is 1. The lowest BCUT2D eigenvalue weighted by molar-refractivity contribution is -0.390. The highest BCUT2D eigenvalue weighted by Crippen LogP contribution is 2.76. The molecule has 0 amide bonds. The molecule has 25 nitrogen and oxygen atoms in total. The Labute approximate surface area is 477 Å². The third-order valence-corrected chi connectivity index (χ3v) is 22.5. The van der Waals surface area contributed by atoms with E-state index in [2.05, 4.69) is 40.7 Å². The third-order valence-electron chi connectivity index (χ3n) is 22.5. The largest absolute Gasteiger partial charge is 0.481 e. The van der Waals surface area contributed by atoms with Gasteiger partial charge in [0.05, 0.1) is 50.7 Å². The first kappa shape index (κ1) is 63.3. The molecular formula is C57H92O25. The van der Waals surface area contributed by atoms with Crippen molar-refractivity contribution in [1.82, 2.24) is 0 Å². The van der Waals surface area contributed by atoms with Crippen LogP contribution >= 0.6 is 0 Å². The molecule has 0 radical (unpaired) electrons. The first-order chi connectivity index (χ1) is 38.5. The first-order valence-electron chi connectivity index (χ1n) is 29.6. The Morgan fingerprint density at radius 3 is 1.80 bits per heavy atom. The molecule has 5 aliphatic carbocycles. The average Bonchev–Trinajstić information content (AvgIpc) is 3.42. The quantitative estimate of drug-likeness (QED) is 0.0720. The zero-order valence-electron chi connectivity index (χ0n) is 47.9. The highest BCUT2D eigenvalue weighted by atomic mass is 16.8. The van der Waals surface area contributed by atoms with Gasteiger partial charge in [0.2, 0.25) is 0 Å². The van der Waals surface area contributed by atoms with Crippen LogP contribution in [0.5, 0.6) is 0 Å². The predicted molar refractivity (Wildman–Crippen MR) is 278 cm³/mol. The summed E-state index contributed by atoms with van der Waals surface area (Å²) >= 11 is 0. The van der Waals surface area contributed by atoms with Gasteiger partial charge in [0.25, 0.3) is 0 Å². The van der Waals surface area contributed by atoms with Crippen molar-refractivity contribution in [2.45, 2.75) is 254 Å². The number of hydrogen-bond donors (Lipinski definition) is 14. The Morgan fingerprint density at radius 1 is 0.561 bits per heavy atom. The van der Waals surface area contributed by atoms with Crippen molar-refractivity contribution in [2.24, 2.45) is 50.2 Å². The zero-order chi connectivity index (χ0) is 59.6. The van der Waals surface area contributed by atoms with Crippen LogP contribution in [-0.4, -0.2) is 252 Å². The van der Waals surface area contributed by atoms with E-state index in [0.29, 0.717) is 19.3 Å². The molecule has 5 saturated heterocycles. The molecule has 470 valence electrons. The lowest BCUT2D eigenvalue weighted by atomic mass is 9.33. The normalized spacial score (nSPS) is 55.0. The number of aliphatic hydroxyl groups is 13. The fourth-order valence-electron chi connectivity index (χ4n) is 17.2. The van der Waals surface area contributed by atoms with Gasteiger partial charge >= 0.3 is 5.97 Å². The zero-order valence-corrected chi connectivity index (χ0v) is 47.9. The number of hydrogen-bond acceptors (Lipinski definition) is 24. The first-order valence-corrected chi connectivity index (χ1v) is 29.6. The number of aliphatic hydroxyl groups excluding tert-OH is 13. The number of aliphatic carboxylic acids is 1. The van der Waals surface area contributed by atoms with Gasteiger partial charge in [-0.1, -0.05) is 53.2 Å². The van der Waals surface area contributed by atoms with Crippen LogP contribution < -0.4 is 0 Å². The van der Waals surface area contributed by atoms with E-state index >= 15 is 0 Å². The molecule has 0 bridgehead atoms. The van der Waals surface area contributed by atoms with Gasteiger partial charge in [0.1, 0.15) is 97.7 Å². The van der Waals surface area contributed by atoms with Gasteiger partial charge in [-0.15, -0.1) is 0 Å². The lowest BCUT2D eigenvalue weighted by Crippen LogP contribution is -2.67. The molecule has 14 N–H and O–H groups in total. The summed E-state index contributed by atoms with van der Waals surface area (Å²) in [5, 5.41) is 154. The molecule has 5 heterocycles. The van der Waals surface area contributed by atoms with E-state index in [0.717, 1.165) is 44.9 Å². The van der Waals surface area contributed by atoms with E-state index in [1.54, 1.807) is 0 Å². The number of fused-ring (bicyclic) bond motifs is 7. The van der Waals surface area contributed by atoms with Crippen LogP contribution in [-0.2, 0) is 52.2 Å². The van der Waals surface area contributed by atoms with Crippen molar-refractivity contribution in [3.63, 3.8) is 0 Å². The van der Waals surface area contributed by atoms with Gasteiger partial charge in [-0.3, -0.25) is 4.79 Å². The van der Waals surface area contributed by atoms with Crippen LogP contribution in [0.3, 0.4) is 0 Å².